The van der Waals surface area contributed by atoms with Gasteiger partial charge in [0.1, 0.15) is 11.6 Å². The second-order valence-corrected chi connectivity index (χ2v) is 5.80. The van der Waals surface area contributed by atoms with Crippen molar-refractivity contribution in [2.45, 2.75) is 26.7 Å². The van der Waals surface area contributed by atoms with Crippen LogP contribution in [0.25, 0.3) is 0 Å². The highest BCUT2D eigenvalue weighted by Crippen LogP contribution is 2.50. The van der Waals surface area contributed by atoms with Crippen molar-refractivity contribution in [3.8, 4) is 0 Å². The van der Waals surface area contributed by atoms with Crippen molar-refractivity contribution in [2.75, 3.05) is 13.2 Å². The Morgan fingerprint density at radius 1 is 1.06 bits per heavy atom. The molecular weight excluding hydrogens is 228 g/mol. The van der Waals surface area contributed by atoms with Crippen LogP contribution in [0.15, 0.2) is 23.3 Å². The van der Waals surface area contributed by atoms with Crippen LogP contribution < -0.4 is 0 Å². The van der Waals surface area contributed by atoms with Crippen molar-refractivity contribution in [1.29, 1.82) is 0 Å². The molecule has 1 saturated carbocycles. The molecule has 0 aromatic carbocycles. The molecule has 2 aliphatic carbocycles. The van der Waals surface area contributed by atoms with Gasteiger partial charge in [-0.3, -0.25) is 9.59 Å². The second kappa shape index (κ2) is 3.89. The fraction of sp³-hybridized carbons (Fsp3) is 0.600. The molecule has 96 valence electrons. The molecule has 1 heterocycles. The third-order valence-electron chi connectivity index (χ3n) is 4.75. The minimum atomic E-state index is -0.781. The summed E-state index contributed by atoms with van der Waals surface area (Å²) in [5.74, 6) is 0.900. The number of carbonyl (C=O) groups is 2. The van der Waals surface area contributed by atoms with Gasteiger partial charge >= 0.3 is 0 Å². The Bertz CT molecular complexity index is 440. The summed E-state index contributed by atoms with van der Waals surface area (Å²) in [6, 6.07) is 0. The number of hydrogen-bond acceptors (Lipinski definition) is 3. The van der Waals surface area contributed by atoms with Crippen LogP contribution in [-0.4, -0.2) is 24.8 Å². The van der Waals surface area contributed by atoms with Crippen LogP contribution >= 0.6 is 0 Å². The molecule has 2 atom stereocenters. The minimum absolute atomic E-state index is 0.00705. The Morgan fingerprint density at radius 3 is 1.89 bits per heavy atom. The van der Waals surface area contributed by atoms with E-state index in [1.54, 1.807) is 13.8 Å². The van der Waals surface area contributed by atoms with Gasteiger partial charge in [-0.15, -0.1) is 0 Å². The number of rotatable bonds is 2. The van der Waals surface area contributed by atoms with Gasteiger partial charge in [0.15, 0.2) is 0 Å². The van der Waals surface area contributed by atoms with Crippen molar-refractivity contribution in [2.24, 2.45) is 17.3 Å². The molecule has 18 heavy (non-hydrogen) atoms. The van der Waals surface area contributed by atoms with Gasteiger partial charge in [-0.05, 0) is 37.8 Å². The summed E-state index contributed by atoms with van der Waals surface area (Å²) in [5, 5.41) is 0. The molecule has 0 aromatic heterocycles. The van der Waals surface area contributed by atoms with Gasteiger partial charge in [0.05, 0.1) is 18.6 Å². The lowest BCUT2D eigenvalue weighted by Gasteiger charge is -2.21. The van der Waals surface area contributed by atoms with E-state index in [2.05, 4.69) is 12.2 Å². The maximum atomic E-state index is 11.9. The lowest BCUT2D eigenvalue weighted by atomic mass is 9.78. The summed E-state index contributed by atoms with van der Waals surface area (Å²) in [7, 11) is 0. The standard InChI is InChI=1S/C15H18O3/c1-9(16)15(10(2)17)5-11-3-13-7-18-8-14(13)4-12(11)6-15/h3-4,13-14H,5-8H2,1-2H3. The molecule has 0 radical (unpaired) electrons. The van der Waals surface area contributed by atoms with Gasteiger partial charge in [-0.25, -0.2) is 0 Å². The molecule has 1 saturated heterocycles. The maximum Gasteiger partial charge on any atom is 0.144 e. The average Bonchev–Trinajstić information content (AvgIpc) is 2.87. The Balaban J connectivity index is 1.98. The molecule has 0 aromatic rings. The molecule has 2 fully saturated rings. The zero-order valence-corrected chi connectivity index (χ0v) is 10.9. The third kappa shape index (κ3) is 1.53. The average molecular weight is 246 g/mol. The predicted molar refractivity (Wildman–Crippen MR) is 67.0 cm³/mol. The molecule has 0 bridgehead atoms. The molecule has 0 spiro atoms. The van der Waals surface area contributed by atoms with Crippen molar-refractivity contribution in [1.82, 2.24) is 0 Å². The minimum Gasteiger partial charge on any atom is -0.380 e. The first-order valence-corrected chi connectivity index (χ1v) is 6.54. The first kappa shape index (κ1) is 11.8. The van der Waals surface area contributed by atoms with Gasteiger partial charge in [0.2, 0.25) is 0 Å². The Morgan fingerprint density at radius 2 is 1.50 bits per heavy atom. The highest BCUT2D eigenvalue weighted by molar-refractivity contribution is 6.06. The van der Waals surface area contributed by atoms with Gasteiger partial charge in [0.25, 0.3) is 0 Å². The fourth-order valence-corrected chi connectivity index (χ4v) is 3.47. The van der Waals surface area contributed by atoms with E-state index in [-0.39, 0.29) is 11.6 Å². The molecule has 2 unspecified atom stereocenters. The predicted octanol–water partition coefficient (Wildman–Crippen LogP) is 2.07. The Hall–Kier alpha value is -1.22. The van der Waals surface area contributed by atoms with Crippen molar-refractivity contribution >= 4 is 11.6 Å². The van der Waals surface area contributed by atoms with E-state index in [1.807, 2.05) is 0 Å². The normalized spacial score (nSPS) is 32.3. The van der Waals surface area contributed by atoms with E-state index in [1.165, 1.54) is 11.1 Å². The lowest BCUT2D eigenvalue weighted by molar-refractivity contribution is -0.137. The van der Waals surface area contributed by atoms with Crippen molar-refractivity contribution in [3.05, 3.63) is 23.3 Å². The van der Waals surface area contributed by atoms with E-state index >= 15 is 0 Å². The van der Waals surface area contributed by atoms with Crippen LogP contribution in [0.1, 0.15) is 26.7 Å². The molecule has 0 amide bonds. The monoisotopic (exact) mass is 246 g/mol. The summed E-state index contributed by atoms with van der Waals surface area (Å²) in [6.07, 6.45) is 5.65. The smallest absolute Gasteiger partial charge is 0.144 e. The second-order valence-electron chi connectivity index (χ2n) is 5.80. The van der Waals surface area contributed by atoms with E-state index in [0.29, 0.717) is 24.7 Å². The van der Waals surface area contributed by atoms with Gasteiger partial charge in [-0.1, -0.05) is 12.2 Å². The highest BCUT2D eigenvalue weighted by Gasteiger charge is 2.48. The fourth-order valence-electron chi connectivity index (χ4n) is 3.47. The maximum absolute atomic E-state index is 11.9. The zero-order valence-electron chi connectivity index (χ0n) is 10.9. The first-order valence-electron chi connectivity index (χ1n) is 6.54. The summed E-state index contributed by atoms with van der Waals surface area (Å²) in [5.41, 5.74) is 1.62. The van der Waals surface area contributed by atoms with Gasteiger partial charge in [0, 0.05) is 11.8 Å². The molecular formula is C15H18O3. The summed E-state index contributed by atoms with van der Waals surface area (Å²) >= 11 is 0. The molecule has 3 rings (SSSR count). The molecule has 0 N–H and O–H groups in total. The number of fused-ring (bicyclic) bond motifs is 2. The van der Waals surface area contributed by atoms with Crippen LogP contribution in [0.4, 0.5) is 0 Å². The number of ether oxygens (including phenoxy) is 1. The van der Waals surface area contributed by atoms with Crippen LogP contribution in [0.3, 0.4) is 0 Å². The zero-order chi connectivity index (χ0) is 12.9. The number of Topliss-reactive ketones (excluding diaryl/α,β-unsaturated/α-hetero) is 2. The lowest BCUT2D eigenvalue weighted by Crippen LogP contribution is -2.33. The van der Waals surface area contributed by atoms with Gasteiger partial charge in [-0.2, -0.15) is 0 Å². The topological polar surface area (TPSA) is 43.4 Å². The van der Waals surface area contributed by atoms with E-state index < -0.39 is 5.41 Å². The van der Waals surface area contributed by atoms with Crippen molar-refractivity contribution in [3.63, 3.8) is 0 Å². The molecule has 3 nitrogen and oxygen atoms in total. The van der Waals surface area contributed by atoms with Crippen LogP contribution in [0.5, 0.6) is 0 Å². The Labute approximate surface area is 107 Å². The van der Waals surface area contributed by atoms with E-state index in [0.717, 1.165) is 13.2 Å². The summed E-state index contributed by atoms with van der Waals surface area (Å²) in [4.78, 5) is 23.8. The highest BCUT2D eigenvalue weighted by atomic mass is 16.5. The third-order valence-corrected chi connectivity index (χ3v) is 4.75. The summed E-state index contributed by atoms with van der Waals surface area (Å²) < 4.78 is 5.48. The molecule has 1 aliphatic heterocycles. The van der Waals surface area contributed by atoms with Crippen LogP contribution in [-0.2, 0) is 14.3 Å². The SMILES string of the molecule is CC(=O)C1(C(C)=O)CC2=CC3COCC3C=C2C1. The van der Waals surface area contributed by atoms with Gasteiger partial charge < -0.3 is 4.74 Å². The van der Waals surface area contributed by atoms with Crippen molar-refractivity contribution < 1.29 is 14.3 Å². The molecule has 3 aliphatic rings. The first-order chi connectivity index (χ1) is 8.53. The number of ketones is 2. The van der Waals surface area contributed by atoms with E-state index in [9.17, 15) is 9.59 Å². The van der Waals surface area contributed by atoms with E-state index in [4.69, 9.17) is 4.74 Å². The number of hydrogen-bond donors (Lipinski definition) is 0. The number of allylic oxidation sites excluding steroid dienone is 2. The quantitative estimate of drug-likeness (QED) is 0.701. The molecule has 3 heteroatoms. The largest absolute Gasteiger partial charge is 0.380 e. The number of carbonyl (C=O) groups excluding carboxylic acids is 2. The Kier molecular flexibility index (Phi) is 2.56. The summed E-state index contributed by atoms with van der Waals surface area (Å²) in [6.45, 7) is 4.63. The van der Waals surface area contributed by atoms with Crippen LogP contribution in [0, 0.1) is 17.3 Å². The van der Waals surface area contributed by atoms with Crippen LogP contribution in [0.2, 0.25) is 0 Å².